The number of unbranched alkanes of at least 4 members (excludes halogenated alkanes) is 4. The van der Waals surface area contributed by atoms with E-state index < -0.39 is 12.2 Å². The van der Waals surface area contributed by atoms with Crippen LogP contribution in [-0.2, 0) is 14.3 Å². The molecule has 0 amide bonds. The van der Waals surface area contributed by atoms with Crippen LogP contribution in [0.4, 0.5) is 0 Å². The van der Waals surface area contributed by atoms with E-state index in [1.807, 2.05) is 12.2 Å². The van der Waals surface area contributed by atoms with Gasteiger partial charge in [-0.15, -0.1) is 0 Å². The highest BCUT2D eigenvalue weighted by Crippen LogP contribution is 2.26. The van der Waals surface area contributed by atoms with E-state index in [-0.39, 0.29) is 17.7 Å². The van der Waals surface area contributed by atoms with Gasteiger partial charge >= 0.3 is 5.97 Å². The van der Waals surface area contributed by atoms with E-state index in [1.165, 1.54) is 7.11 Å². The smallest absolute Gasteiger partial charge is 0.305 e. The van der Waals surface area contributed by atoms with E-state index in [4.69, 9.17) is 0 Å². The Morgan fingerprint density at radius 3 is 2.65 bits per heavy atom. The zero-order valence-electron chi connectivity index (χ0n) is 16.2. The first-order valence-corrected chi connectivity index (χ1v) is 9.84. The molecule has 0 saturated heterocycles. The third-order valence-electron chi connectivity index (χ3n) is 4.77. The lowest BCUT2D eigenvalue weighted by Crippen LogP contribution is -2.15. The first-order valence-electron chi connectivity index (χ1n) is 9.84. The van der Waals surface area contributed by atoms with Crippen molar-refractivity contribution in [3.05, 3.63) is 23.8 Å². The molecule has 0 aromatic rings. The lowest BCUT2D eigenvalue weighted by molar-refractivity contribution is -0.140. The number of allylic oxidation sites excluding steroid dienone is 2. The molecule has 0 bridgehead atoms. The van der Waals surface area contributed by atoms with E-state index >= 15 is 0 Å². The maximum Gasteiger partial charge on any atom is 0.305 e. The molecule has 0 heterocycles. The van der Waals surface area contributed by atoms with Gasteiger partial charge in [0, 0.05) is 24.3 Å². The summed E-state index contributed by atoms with van der Waals surface area (Å²) in [6.45, 7) is 2.13. The number of ether oxygens (including phenoxy) is 1. The zero-order valence-corrected chi connectivity index (χ0v) is 16.2. The maximum atomic E-state index is 12.1. The van der Waals surface area contributed by atoms with Crippen LogP contribution >= 0.6 is 0 Å². The predicted octanol–water partition coefficient (Wildman–Crippen LogP) is 3.48. The van der Waals surface area contributed by atoms with Crippen molar-refractivity contribution in [2.75, 3.05) is 7.11 Å². The number of carbonyl (C=O) groups excluding carboxylic acids is 2. The summed E-state index contributed by atoms with van der Waals surface area (Å²) in [7, 11) is 1.37. The lowest BCUT2D eigenvalue weighted by Gasteiger charge is -2.10. The fourth-order valence-corrected chi connectivity index (χ4v) is 3.15. The summed E-state index contributed by atoms with van der Waals surface area (Å²) in [5.74, 6) is -0.264. The number of ketones is 1. The Kier molecular flexibility index (Phi) is 11.1. The first-order chi connectivity index (χ1) is 12.5. The number of Topliss-reactive ketones (excluding diaryl/α,β-unsaturated/α-hetero) is 1. The Hall–Kier alpha value is -1.46. The summed E-state index contributed by atoms with van der Waals surface area (Å²) in [5, 5.41) is 20.2. The average Bonchev–Trinajstić information content (AvgIpc) is 3.00. The normalized spacial score (nSPS) is 19.6. The maximum absolute atomic E-state index is 12.1. The number of esters is 1. The molecule has 5 nitrogen and oxygen atoms in total. The van der Waals surface area contributed by atoms with Crippen LogP contribution in [0.1, 0.15) is 71.1 Å². The summed E-state index contributed by atoms with van der Waals surface area (Å²) >= 11 is 0. The molecule has 26 heavy (non-hydrogen) atoms. The summed E-state index contributed by atoms with van der Waals surface area (Å²) in [6.07, 6.45) is 11.9. The molecule has 148 valence electrons. The summed E-state index contributed by atoms with van der Waals surface area (Å²) in [4.78, 5) is 23.1. The third kappa shape index (κ3) is 8.77. The number of aliphatic hydroxyl groups excluding tert-OH is 2. The highest BCUT2D eigenvalue weighted by atomic mass is 16.5. The van der Waals surface area contributed by atoms with E-state index in [2.05, 4.69) is 11.7 Å². The molecule has 3 unspecified atom stereocenters. The fourth-order valence-electron chi connectivity index (χ4n) is 3.15. The van der Waals surface area contributed by atoms with Crippen molar-refractivity contribution in [3.8, 4) is 0 Å². The fraction of sp³-hybridized carbons (Fsp3) is 0.714. The topological polar surface area (TPSA) is 83.8 Å². The standard InChI is InChI=1S/C21H34O5/c1-3-4-6-9-17(22)13-12-16-14-18(20(24)15-16)19(23)10-7-5-8-11-21(25)26-2/h12-14,16-17,19,22-23H,3-11,15H2,1-2H3/b13-12+. The van der Waals surface area contributed by atoms with Gasteiger partial charge in [-0.25, -0.2) is 0 Å². The van der Waals surface area contributed by atoms with Crippen molar-refractivity contribution in [1.82, 2.24) is 0 Å². The quantitative estimate of drug-likeness (QED) is 0.296. The molecule has 0 spiro atoms. The number of hydrogen-bond acceptors (Lipinski definition) is 5. The molecule has 0 aromatic heterocycles. The Bertz CT molecular complexity index is 495. The lowest BCUT2D eigenvalue weighted by atomic mass is 10.0. The van der Waals surface area contributed by atoms with Crippen molar-refractivity contribution in [1.29, 1.82) is 0 Å². The van der Waals surface area contributed by atoms with Crippen LogP contribution in [-0.4, -0.2) is 41.3 Å². The Labute approximate surface area is 157 Å². The molecule has 3 atom stereocenters. The zero-order chi connectivity index (χ0) is 19.4. The predicted molar refractivity (Wildman–Crippen MR) is 102 cm³/mol. The number of hydrogen-bond donors (Lipinski definition) is 2. The van der Waals surface area contributed by atoms with Crippen molar-refractivity contribution < 1.29 is 24.5 Å². The van der Waals surface area contributed by atoms with Crippen molar-refractivity contribution in [3.63, 3.8) is 0 Å². The summed E-state index contributed by atoms with van der Waals surface area (Å²) in [5.41, 5.74) is 0.494. The SMILES string of the molecule is CCCCCC(O)/C=C/C1C=C(C(O)CCCCCC(=O)OC)C(=O)C1. The van der Waals surface area contributed by atoms with Gasteiger partial charge in [0.2, 0.25) is 0 Å². The molecule has 2 N–H and O–H groups in total. The van der Waals surface area contributed by atoms with Gasteiger partial charge in [-0.3, -0.25) is 9.59 Å². The number of rotatable bonds is 13. The molecular formula is C21H34O5. The van der Waals surface area contributed by atoms with Gasteiger partial charge in [0.1, 0.15) is 0 Å². The number of carbonyl (C=O) groups is 2. The molecule has 0 fully saturated rings. The van der Waals surface area contributed by atoms with Gasteiger partial charge in [0.05, 0.1) is 19.3 Å². The number of methoxy groups -OCH3 is 1. The van der Waals surface area contributed by atoms with Crippen molar-refractivity contribution in [2.24, 2.45) is 5.92 Å². The molecule has 0 aromatic carbocycles. The molecule has 0 aliphatic heterocycles. The number of aliphatic hydroxyl groups is 2. The largest absolute Gasteiger partial charge is 0.469 e. The van der Waals surface area contributed by atoms with Gasteiger partial charge in [-0.2, -0.15) is 0 Å². The Morgan fingerprint density at radius 2 is 1.96 bits per heavy atom. The minimum Gasteiger partial charge on any atom is -0.469 e. The van der Waals surface area contributed by atoms with Crippen LogP contribution in [0.3, 0.4) is 0 Å². The Balaban J connectivity index is 2.35. The van der Waals surface area contributed by atoms with E-state index in [1.54, 1.807) is 6.08 Å². The average molecular weight is 366 g/mol. The van der Waals surface area contributed by atoms with Crippen LogP contribution in [0.2, 0.25) is 0 Å². The van der Waals surface area contributed by atoms with Gasteiger partial charge in [0.25, 0.3) is 0 Å². The van der Waals surface area contributed by atoms with Crippen LogP contribution in [0.25, 0.3) is 0 Å². The van der Waals surface area contributed by atoms with Crippen LogP contribution in [0, 0.1) is 5.92 Å². The van der Waals surface area contributed by atoms with Crippen molar-refractivity contribution in [2.45, 2.75) is 83.3 Å². The second kappa shape index (κ2) is 12.8. The second-order valence-corrected chi connectivity index (χ2v) is 7.05. The van der Waals surface area contributed by atoms with E-state index in [0.717, 1.165) is 44.9 Å². The minimum atomic E-state index is -0.742. The molecule has 0 saturated carbocycles. The van der Waals surface area contributed by atoms with Crippen LogP contribution in [0.15, 0.2) is 23.8 Å². The highest BCUT2D eigenvalue weighted by Gasteiger charge is 2.27. The molecule has 5 heteroatoms. The summed E-state index contributed by atoms with van der Waals surface area (Å²) in [6, 6.07) is 0. The molecule has 0 radical (unpaired) electrons. The Morgan fingerprint density at radius 1 is 1.23 bits per heavy atom. The molecule has 1 rings (SSSR count). The first kappa shape index (κ1) is 22.6. The van der Waals surface area contributed by atoms with Gasteiger partial charge in [-0.1, -0.05) is 57.3 Å². The van der Waals surface area contributed by atoms with E-state index in [9.17, 15) is 19.8 Å². The second-order valence-electron chi connectivity index (χ2n) is 7.05. The minimum absolute atomic E-state index is 0.0119. The van der Waals surface area contributed by atoms with Gasteiger partial charge < -0.3 is 14.9 Å². The monoisotopic (exact) mass is 366 g/mol. The van der Waals surface area contributed by atoms with Gasteiger partial charge in [-0.05, 0) is 19.3 Å². The van der Waals surface area contributed by atoms with E-state index in [0.29, 0.717) is 24.8 Å². The molecule has 1 aliphatic rings. The molecular weight excluding hydrogens is 332 g/mol. The summed E-state index contributed by atoms with van der Waals surface area (Å²) < 4.78 is 4.59. The van der Waals surface area contributed by atoms with Crippen molar-refractivity contribution >= 4 is 11.8 Å². The third-order valence-corrected chi connectivity index (χ3v) is 4.77. The van der Waals surface area contributed by atoms with Gasteiger partial charge in [0.15, 0.2) is 5.78 Å². The highest BCUT2D eigenvalue weighted by molar-refractivity contribution is 5.99. The molecule has 1 aliphatic carbocycles. The van der Waals surface area contributed by atoms with Crippen LogP contribution in [0.5, 0.6) is 0 Å². The van der Waals surface area contributed by atoms with Crippen LogP contribution < -0.4 is 0 Å².